The Morgan fingerprint density at radius 1 is 1.39 bits per heavy atom. The Balaban J connectivity index is 1.73. The summed E-state index contributed by atoms with van der Waals surface area (Å²) in [6, 6.07) is 3.45. The first kappa shape index (κ1) is 12.4. The van der Waals surface area contributed by atoms with E-state index in [1.54, 1.807) is 17.0 Å². The van der Waals surface area contributed by atoms with Crippen molar-refractivity contribution in [3.63, 3.8) is 0 Å². The number of hydrogen-bond donors (Lipinski definition) is 0. The summed E-state index contributed by atoms with van der Waals surface area (Å²) in [5.74, 6) is -0.107. The van der Waals surface area contributed by atoms with Crippen LogP contribution in [0.5, 0.6) is 0 Å². The molecule has 1 amide bonds. The highest BCUT2D eigenvalue weighted by molar-refractivity contribution is 5.88. The van der Waals surface area contributed by atoms with Crippen molar-refractivity contribution >= 4 is 18.0 Å². The SMILES string of the molecule is O=C(/C=C/c1ccco1)OCC(=O)N1CCCC1. The summed E-state index contributed by atoms with van der Waals surface area (Å²) in [5, 5.41) is 0. The van der Waals surface area contributed by atoms with Gasteiger partial charge in [-0.05, 0) is 31.1 Å². The maximum absolute atomic E-state index is 11.6. The van der Waals surface area contributed by atoms with Crippen molar-refractivity contribution in [2.24, 2.45) is 0 Å². The van der Waals surface area contributed by atoms with Crippen LogP contribution in [0.25, 0.3) is 6.08 Å². The van der Waals surface area contributed by atoms with Crippen molar-refractivity contribution in [2.45, 2.75) is 12.8 Å². The molecule has 96 valence electrons. The van der Waals surface area contributed by atoms with Crippen molar-refractivity contribution in [1.82, 2.24) is 4.90 Å². The van der Waals surface area contributed by atoms with E-state index in [4.69, 9.17) is 9.15 Å². The molecule has 18 heavy (non-hydrogen) atoms. The lowest BCUT2D eigenvalue weighted by atomic mass is 10.4. The number of likely N-dealkylation sites (tertiary alicyclic amines) is 1. The van der Waals surface area contributed by atoms with Crippen molar-refractivity contribution in [3.05, 3.63) is 30.2 Å². The Kier molecular flexibility index (Phi) is 4.17. The molecule has 0 aliphatic carbocycles. The van der Waals surface area contributed by atoms with E-state index in [-0.39, 0.29) is 12.5 Å². The van der Waals surface area contributed by atoms with Crippen LogP contribution in [-0.4, -0.2) is 36.5 Å². The number of carbonyl (C=O) groups excluding carboxylic acids is 2. The second-order valence-corrected chi connectivity index (χ2v) is 4.04. The van der Waals surface area contributed by atoms with Gasteiger partial charge in [0.1, 0.15) is 5.76 Å². The van der Waals surface area contributed by atoms with Crippen LogP contribution in [0, 0.1) is 0 Å². The number of hydrogen-bond acceptors (Lipinski definition) is 4. The average Bonchev–Trinajstić information content (AvgIpc) is 3.05. The molecule has 0 saturated carbocycles. The molecular formula is C13H15NO4. The number of nitrogens with zero attached hydrogens (tertiary/aromatic N) is 1. The molecule has 5 nitrogen and oxygen atoms in total. The minimum atomic E-state index is -0.543. The van der Waals surface area contributed by atoms with Gasteiger partial charge in [-0.1, -0.05) is 0 Å². The molecule has 0 unspecified atom stereocenters. The first-order valence-corrected chi connectivity index (χ1v) is 5.92. The molecule has 0 bridgehead atoms. The molecule has 0 N–H and O–H groups in total. The van der Waals surface area contributed by atoms with Crippen LogP contribution in [0.3, 0.4) is 0 Å². The number of furan rings is 1. The molecular weight excluding hydrogens is 234 g/mol. The van der Waals surface area contributed by atoms with Crippen LogP contribution in [0.4, 0.5) is 0 Å². The Bertz CT molecular complexity index is 430. The van der Waals surface area contributed by atoms with Crippen LogP contribution < -0.4 is 0 Å². The lowest BCUT2D eigenvalue weighted by Crippen LogP contribution is -2.31. The number of carbonyl (C=O) groups is 2. The summed E-state index contributed by atoms with van der Waals surface area (Å²) in [4.78, 5) is 24.6. The average molecular weight is 249 g/mol. The maximum atomic E-state index is 11.6. The van der Waals surface area contributed by atoms with Gasteiger partial charge in [-0.2, -0.15) is 0 Å². The topological polar surface area (TPSA) is 59.8 Å². The van der Waals surface area contributed by atoms with Crippen LogP contribution in [-0.2, 0) is 14.3 Å². The zero-order valence-electron chi connectivity index (χ0n) is 10.0. The molecule has 2 heterocycles. The van der Waals surface area contributed by atoms with E-state index >= 15 is 0 Å². The zero-order valence-corrected chi connectivity index (χ0v) is 10.0. The van der Waals surface area contributed by atoms with E-state index in [0.717, 1.165) is 25.9 Å². The summed E-state index contributed by atoms with van der Waals surface area (Å²) in [5.41, 5.74) is 0. The molecule has 0 atom stereocenters. The number of ether oxygens (including phenoxy) is 1. The molecule has 1 saturated heterocycles. The normalized spacial score (nSPS) is 15.2. The van der Waals surface area contributed by atoms with Gasteiger partial charge in [0, 0.05) is 19.2 Å². The minimum Gasteiger partial charge on any atom is -0.465 e. The fourth-order valence-corrected chi connectivity index (χ4v) is 1.78. The second-order valence-electron chi connectivity index (χ2n) is 4.04. The van der Waals surface area contributed by atoms with Crippen molar-refractivity contribution < 1.29 is 18.7 Å². The molecule has 0 radical (unpaired) electrons. The summed E-state index contributed by atoms with van der Waals surface area (Å²) < 4.78 is 9.88. The lowest BCUT2D eigenvalue weighted by Gasteiger charge is -2.14. The molecule has 0 spiro atoms. The Labute approximate surface area is 105 Å². The third-order valence-corrected chi connectivity index (χ3v) is 2.72. The summed E-state index contributed by atoms with van der Waals surface area (Å²) >= 11 is 0. The quantitative estimate of drug-likeness (QED) is 0.598. The van der Waals surface area contributed by atoms with Crippen molar-refractivity contribution in [1.29, 1.82) is 0 Å². The summed E-state index contributed by atoms with van der Waals surface area (Å²) in [7, 11) is 0. The van der Waals surface area contributed by atoms with Gasteiger partial charge >= 0.3 is 5.97 Å². The lowest BCUT2D eigenvalue weighted by molar-refractivity contribution is -0.147. The van der Waals surface area contributed by atoms with E-state index in [1.807, 2.05) is 0 Å². The van der Waals surface area contributed by atoms with E-state index in [0.29, 0.717) is 5.76 Å². The smallest absolute Gasteiger partial charge is 0.331 e. The zero-order chi connectivity index (χ0) is 12.8. The summed E-state index contributed by atoms with van der Waals surface area (Å²) in [6.07, 6.45) is 6.32. The van der Waals surface area contributed by atoms with Crippen molar-refractivity contribution in [2.75, 3.05) is 19.7 Å². The van der Waals surface area contributed by atoms with Gasteiger partial charge < -0.3 is 14.1 Å². The molecule has 0 aromatic carbocycles. The largest absolute Gasteiger partial charge is 0.465 e. The Morgan fingerprint density at radius 2 is 2.17 bits per heavy atom. The fourth-order valence-electron chi connectivity index (χ4n) is 1.78. The van der Waals surface area contributed by atoms with Gasteiger partial charge in [0.25, 0.3) is 5.91 Å². The van der Waals surface area contributed by atoms with Crippen LogP contribution in [0.2, 0.25) is 0 Å². The van der Waals surface area contributed by atoms with Gasteiger partial charge in [-0.3, -0.25) is 4.79 Å². The fraction of sp³-hybridized carbons (Fsp3) is 0.385. The first-order valence-electron chi connectivity index (χ1n) is 5.92. The number of amides is 1. The minimum absolute atomic E-state index is 0.132. The third-order valence-electron chi connectivity index (χ3n) is 2.72. The maximum Gasteiger partial charge on any atom is 0.331 e. The number of rotatable bonds is 4. The molecule has 2 rings (SSSR count). The van der Waals surface area contributed by atoms with E-state index in [2.05, 4.69) is 0 Å². The van der Waals surface area contributed by atoms with E-state index in [1.165, 1.54) is 18.4 Å². The van der Waals surface area contributed by atoms with Gasteiger partial charge in [-0.15, -0.1) is 0 Å². The second kappa shape index (κ2) is 6.05. The standard InChI is InChI=1S/C13H15NO4/c15-12(14-7-1-2-8-14)10-18-13(16)6-5-11-4-3-9-17-11/h3-6,9H,1-2,7-8,10H2/b6-5+. The highest BCUT2D eigenvalue weighted by Gasteiger charge is 2.18. The monoisotopic (exact) mass is 249 g/mol. The highest BCUT2D eigenvalue weighted by Crippen LogP contribution is 2.07. The predicted molar refractivity (Wildman–Crippen MR) is 64.5 cm³/mol. The Hall–Kier alpha value is -2.04. The molecule has 1 aliphatic heterocycles. The molecule has 1 aliphatic rings. The Morgan fingerprint density at radius 3 is 2.83 bits per heavy atom. The van der Waals surface area contributed by atoms with Crippen LogP contribution >= 0.6 is 0 Å². The molecule has 1 aromatic heterocycles. The predicted octanol–water partition coefficient (Wildman–Crippen LogP) is 1.46. The molecule has 1 fully saturated rings. The van der Waals surface area contributed by atoms with Crippen LogP contribution in [0.15, 0.2) is 28.9 Å². The van der Waals surface area contributed by atoms with Gasteiger partial charge in [-0.25, -0.2) is 4.79 Å². The summed E-state index contributed by atoms with van der Waals surface area (Å²) in [6.45, 7) is 1.33. The highest BCUT2D eigenvalue weighted by atomic mass is 16.5. The van der Waals surface area contributed by atoms with E-state index in [9.17, 15) is 9.59 Å². The van der Waals surface area contributed by atoms with Gasteiger partial charge in [0.15, 0.2) is 6.61 Å². The molecule has 1 aromatic rings. The number of esters is 1. The van der Waals surface area contributed by atoms with Gasteiger partial charge in [0.2, 0.25) is 0 Å². The van der Waals surface area contributed by atoms with Crippen LogP contribution in [0.1, 0.15) is 18.6 Å². The van der Waals surface area contributed by atoms with Crippen molar-refractivity contribution in [3.8, 4) is 0 Å². The molecule has 5 heteroatoms. The van der Waals surface area contributed by atoms with Gasteiger partial charge in [0.05, 0.1) is 6.26 Å². The van der Waals surface area contributed by atoms with E-state index < -0.39 is 5.97 Å². The first-order chi connectivity index (χ1) is 8.75. The third kappa shape index (κ3) is 3.48.